The Morgan fingerprint density at radius 2 is 1.88 bits per heavy atom. The van der Waals surface area contributed by atoms with E-state index in [0.29, 0.717) is 35.3 Å². The molecule has 0 spiro atoms. The van der Waals surface area contributed by atoms with E-state index in [0.717, 1.165) is 58.7 Å². The van der Waals surface area contributed by atoms with Gasteiger partial charge in [-0.15, -0.1) is 0 Å². The molecule has 0 radical (unpaired) electrons. The summed E-state index contributed by atoms with van der Waals surface area (Å²) in [6.07, 6.45) is 7.54. The molecular weight excluding hydrogens is 649 g/mol. The average Bonchev–Trinajstić information content (AvgIpc) is 3.66. The van der Waals surface area contributed by atoms with Crippen molar-refractivity contribution < 1.29 is 13.6 Å². The number of halogens is 3. The van der Waals surface area contributed by atoms with Crippen molar-refractivity contribution in [1.29, 1.82) is 0 Å². The second-order valence-corrected chi connectivity index (χ2v) is 12.1. The van der Waals surface area contributed by atoms with Crippen molar-refractivity contribution in [2.45, 2.75) is 48.7 Å². The highest BCUT2D eigenvalue weighted by molar-refractivity contribution is 14.1. The van der Waals surface area contributed by atoms with Crippen LogP contribution in [0.3, 0.4) is 0 Å². The Labute approximate surface area is 257 Å². The number of allylic oxidation sites excluding steroid dienone is 5. The molecule has 0 bridgehead atoms. The van der Waals surface area contributed by atoms with E-state index >= 15 is 0 Å². The minimum absolute atomic E-state index is 0.0720. The molecule has 10 heteroatoms. The monoisotopic (exact) mass is 680 g/mol. The largest absolute Gasteiger partial charge is 0.340 e. The Bertz CT molecular complexity index is 1620. The van der Waals surface area contributed by atoms with Gasteiger partial charge < -0.3 is 5.32 Å². The first-order chi connectivity index (χ1) is 20.2. The molecule has 0 saturated heterocycles. The first-order valence-electron chi connectivity index (χ1n) is 13.9. The van der Waals surface area contributed by atoms with Gasteiger partial charge in [0.05, 0.1) is 18.6 Å². The Balaban J connectivity index is 1.32. The summed E-state index contributed by atoms with van der Waals surface area (Å²) < 4.78 is 26.4. The van der Waals surface area contributed by atoms with E-state index in [1.54, 1.807) is 24.9 Å². The van der Waals surface area contributed by atoms with Crippen molar-refractivity contribution in [2.24, 2.45) is 4.99 Å². The maximum absolute atomic E-state index is 13.7. The van der Waals surface area contributed by atoms with E-state index in [2.05, 4.69) is 16.8 Å². The lowest BCUT2D eigenvalue weighted by atomic mass is 10.0. The second-order valence-electron chi connectivity index (χ2n) is 10.7. The highest BCUT2D eigenvalue weighted by Gasteiger charge is 2.49. The van der Waals surface area contributed by atoms with Crippen LogP contribution in [0.5, 0.6) is 0 Å². The molecule has 3 aromatic rings. The van der Waals surface area contributed by atoms with Crippen LogP contribution in [0, 0.1) is 0 Å². The predicted molar refractivity (Wildman–Crippen MR) is 172 cm³/mol. The van der Waals surface area contributed by atoms with Crippen LogP contribution in [0.1, 0.15) is 47.7 Å². The molecule has 2 atom stereocenters. The summed E-state index contributed by atoms with van der Waals surface area (Å²) in [6.45, 7) is 6.06. The molecule has 7 nitrogen and oxygen atoms in total. The number of amides is 1. The van der Waals surface area contributed by atoms with Gasteiger partial charge in [0.25, 0.3) is 5.91 Å². The lowest BCUT2D eigenvalue weighted by Crippen LogP contribution is -2.51. The number of hydrogen-bond acceptors (Lipinski definition) is 5. The number of fused-ring (bicyclic) bond motifs is 5. The van der Waals surface area contributed by atoms with Crippen molar-refractivity contribution in [3.05, 3.63) is 102 Å². The summed E-state index contributed by atoms with van der Waals surface area (Å²) in [5.74, 6) is 1.81. The number of carbonyl (C=O) groups excluding carboxylic acids is 1. The van der Waals surface area contributed by atoms with Crippen molar-refractivity contribution in [3.63, 3.8) is 0 Å². The molecule has 2 aromatic carbocycles. The van der Waals surface area contributed by atoms with Crippen LogP contribution in [-0.4, -0.2) is 49.6 Å². The highest BCUT2D eigenvalue weighted by atomic mass is 127. The van der Waals surface area contributed by atoms with Gasteiger partial charge in [-0.25, -0.2) is 9.67 Å². The summed E-state index contributed by atoms with van der Waals surface area (Å²) in [7, 11) is 1.78. The first kappa shape index (κ1) is 28.3. The lowest BCUT2D eigenvalue weighted by Gasteiger charge is -2.34. The van der Waals surface area contributed by atoms with Gasteiger partial charge in [-0.1, -0.05) is 67.3 Å². The minimum Gasteiger partial charge on any atom is -0.340 e. The third-order valence-corrected chi connectivity index (χ3v) is 8.67. The maximum Gasteiger partial charge on any atom is 0.321 e. The number of aliphatic imine (C=N–C) groups is 1. The van der Waals surface area contributed by atoms with Crippen LogP contribution in [0.4, 0.5) is 26.1 Å². The molecular formula is C32H31F2IN6O. The van der Waals surface area contributed by atoms with Gasteiger partial charge in [0.2, 0.25) is 5.96 Å². The number of rotatable bonds is 8. The van der Waals surface area contributed by atoms with Crippen molar-refractivity contribution in [1.82, 2.24) is 14.7 Å². The fraction of sp³-hybridized carbons (Fsp3) is 0.281. The topological polar surface area (TPSA) is 65.8 Å². The number of carbonyl (C=O) groups is 1. The fourth-order valence-corrected chi connectivity index (χ4v) is 6.33. The van der Waals surface area contributed by atoms with Crippen molar-refractivity contribution in [2.75, 3.05) is 17.3 Å². The molecule has 1 N–H and O–H groups in total. The quantitative estimate of drug-likeness (QED) is 0.153. The van der Waals surface area contributed by atoms with E-state index in [1.807, 2.05) is 59.3 Å². The number of hydrogen-bond donors (Lipinski definition) is 1. The fourth-order valence-electron chi connectivity index (χ4n) is 5.84. The maximum atomic E-state index is 13.7. The van der Waals surface area contributed by atoms with Gasteiger partial charge in [0, 0.05) is 40.9 Å². The zero-order valence-electron chi connectivity index (χ0n) is 23.4. The number of anilines is 3. The van der Waals surface area contributed by atoms with Gasteiger partial charge >= 0.3 is 3.93 Å². The predicted octanol–water partition coefficient (Wildman–Crippen LogP) is 7.40. The summed E-state index contributed by atoms with van der Waals surface area (Å²) in [5, 5.41) is 8.48. The normalized spacial score (nSPS) is 20.1. The smallest absolute Gasteiger partial charge is 0.321 e. The van der Waals surface area contributed by atoms with Crippen LogP contribution in [-0.2, 0) is 6.54 Å². The average molecular weight is 681 g/mol. The van der Waals surface area contributed by atoms with Gasteiger partial charge in [0.15, 0.2) is 5.82 Å². The van der Waals surface area contributed by atoms with E-state index in [4.69, 9.17) is 10.1 Å². The summed E-state index contributed by atoms with van der Waals surface area (Å²) in [4.78, 5) is 22.4. The number of alkyl halides is 3. The molecule has 1 aromatic heterocycles. The standard InChI is InChI=1S/C32H31F2IN6O/c1-4-23(32(33,34)35)18-13-20(2)22-16-14-21(15-17-22)19-40-28(36-24-9-6-5-7-10-24)27-29(38-40)41-26-12-8-11-25(26)37-31(41)39(3)30(27)42/h4-7,9-10,13-18,25-26,36H,2,8,11-12,19H2,1,3H3/b18-13-,23-4+/t25-,26+/m1/s1. The third-order valence-electron chi connectivity index (χ3n) is 8.05. The number of guanidine groups is 1. The number of aromatic nitrogens is 2. The van der Waals surface area contributed by atoms with Crippen LogP contribution < -0.4 is 10.2 Å². The molecule has 3 aliphatic rings. The second kappa shape index (κ2) is 11.1. The molecule has 2 aliphatic heterocycles. The molecule has 3 heterocycles. The van der Waals surface area contributed by atoms with Crippen molar-refractivity contribution in [3.8, 4) is 0 Å². The summed E-state index contributed by atoms with van der Waals surface area (Å²) in [5.41, 5.74) is 3.74. The molecule has 1 saturated carbocycles. The zero-order valence-corrected chi connectivity index (χ0v) is 25.6. The first-order valence-corrected chi connectivity index (χ1v) is 15.0. The molecule has 1 aliphatic carbocycles. The van der Waals surface area contributed by atoms with Crippen LogP contribution in [0.25, 0.3) is 5.57 Å². The lowest BCUT2D eigenvalue weighted by molar-refractivity contribution is 0.0866. The van der Waals surface area contributed by atoms with E-state index in [9.17, 15) is 13.6 Å². The van der Waals surface area contributed by atoms with E-state index in [1.165, 1.54) is 12.2 Å². The Hall–Kier alpha value is -3.80. The summed E-state index contributed by atoms with van der Waals surface area (Å²) >= 11 is 1.13. The molecule has 6 rings (SSSR count). The van der Waals surface area contributed by atoms with Gasteiger partial charge in [0.1, 0.15) is 11.4 Å². The van der Waals surface area contributed by atoms with Crippen LogP contribution in [0.2, 0.25) is 0 Å². The van der Waals surface area contributed by atoms with Crippen molar-refractivity contribution >= 4 is 57.4 Å². The molecule has 1 fully saturated rings. The SMILES string of the molecule is C=C(/C=C\C(=C/C)C(F)(F)I)c1ccc(Cn2nc3c(c2Nc2ccccc2)C(=O)N(C)C2=N[C@@H]4CCC[C@@H]4N23)cc1. The van der Waals surface area contributed by atoms with Crippen LogP contribution >= 0.6 is 22.6 Å². The minimum atomic E-state index is -2.95. The Morgan fingerprint density at radius 3 is 2.57 bits per heavy atom. The summed E-state index contributed by atoms with van der Waals surface area (Å²) in [6, 6.07) is 17.9. The Kier molecular flexibility index (Phi) is 7.50. The molecule has 216 valence electrons. The van der Waals surface area contributed by atoms with E-state index < -0.39 is 3.93 Å². The molecule has 1 amide bonds. The zero-order chi connectivity index (χ0) is 29.6. The highest BCUT2D eigenvalue weighted by Crippen LogP contribution is 2.43. The van der Waals surface area contributed by atoms with Gasteiger partial charge in [-0.3, -0.25) is 14.6 Å². The number of para-hydroxylation sites is 1. The number of benzene rings is 2. The van der Waals surface area contributed by atoms with Gasteiger partial charge in [-0.2, -0.15) is 13.9 Å². The molecule has 42 heavy (non-hydrogen) atoms. The van der Waals surface area contributed by atoms with Crippen LogP contribution in [0.15, 0.2) is 90.0 Å². The van der Waals surface area contributed by atoms with Gasteiger partial charge in [-0.05, 0) is 55.0 Å². The molecule has 0 unspecified atom stereocenters. The number of nitrogens with zero attached hydrogens (tertiary/aromatic N) is 5. The third kappa shape index (κ3) is 5.16. The Morgan fingerprint density at radius 1 is 1.14 bits per heavy atom. The van der Waals surface area contributed by atoms with E-state index in [-0.39, 0.29) is 23.6 Å². The number of nitrogens with one attached hydrogen (secondary N) is 1.